The molecule has 1 aromatic heterocycles. The second-order valence-corrected chi connectivity index (χ2v) is 7.21. The molecule has 0 aliphatic heterocycles. The first kappa shape index (κ1) is 22.9. The van der Waals surface area contributed by atoms with E-state index in [0.29, 0.717) is 23.1 Å². The van der Waals surface area contributed by atoms with E-state index < -0.39 is 5.97 Å². The van der Waals surface area contributed by atoms with E-state index in [-0.39, 0.29) is 23.8 Å². The SMILES string of the molecule is CCOC(=O)c1c(NC=NC)nc(CCc2ccccc2)c(C)c1C(=O)c1ccccc1. The number of benzene rings is 2. The minimum atomic E-state index is -0.594. The molecule has 0 atom stereocenters. The molecule has 164 valence electrons. The van der Waals surface area contributed by atoms with Crippen LogP contribution in [0.15, 0.2) is 65.7 Å². The Bertz CT molecular complexity index is 1110. The Morgan fingerprint density at radius 1 is 1.00 bits per heavy atom. The van der Waals surface area contributed by atoms with Gasteiger partial charge in [-0.15, -0.1) is 0 Å². The van der Waals surface area contributed by atoms with Crippen LogP contribution < -0.4 is 5.32 Å². The zero-order chi connectivity index (χ0) is 22.9. The lowest BCUT2D eigenvalue weighted by molar-refractivity contribution is 0.0524. The van der Waals surface area contributed by atoms with Crippen molar-refractivity contribution in [3.8, 4) is 0 Å². The van der Waals surface area contributed by atoms with Crippen LogP contribution in [-0.4, -0.2) is 36.7 Å². The summed E-state index contributed by atoms with van der Waals surface area (Å²) in [6.07, 6.45) is 2.82. The van der Waals surface area contributed by atoms with Crippen molar-refractivity contribution in [2.45, 2.75) is 26.7 Å². The fourth-order valence-electron chi connectivity index (χ4n) is 3.53. The van der Waals surface area contributed by atoms with Gasteiger partial charge in [0, 0.05) is 23.9 Å². The van der Waals surface area contributed by atoms with Crippen LogP contribution in [0.1, 0.15) is 50.0 Å². The van der Waals surface area contributed by atoms with E-state index in [4.69, 9.17) is 9.72 Å². The van der Waals surface area contributed by atoms with Gasteiger partial charge in [0.2, 0.25) is 0 Å². The third-order valence-electron chi connectivity index (χ3n) is 5.11. The Kier molecular flexibility index (Phi) is 7.86. The molecule has 6 heteroatoms. The molecule has 0 radical (unpaired) electrons. The minimum absolute atomic E-state index is 0.126. The normalized spacial score (nSPS) is 10.8. The van der Waals surface area contributed by atoms with Crippen LogP contribution >= 0.6 is 0 Å². The molecule has 0 fully saturated rings. The van der Waals surface area contributed by atoms with E-state index in [1.54, 1.807) is 38.2 Å². The van der Waals surface area contributed by atoms with Gasteiger partial charge < -0.3 is 10.1 Å². The summed E-state index contributed by atoms with van der Waals surface area (Å²) in [7, 11) is 1.61. The van der Waals surface area contributed by atoms with Gasteiger partial charge in [0.25, 0.3) is 0 Å². The number of hydrogen-bond acceptors (Lipinski definition) is 5. The van der Waals surface area contributed by atoms with Crippen LogP contribution in [0.2, 0.25) is 0 Å². The van der Waals surface area contributed by atoms with Crippen molar-refractivity contribution in [3.63, 3.8) is 0 Å². The summed E-state index contributed by atoms with van der Waals surface area (Å²) in [4.78, 5) is 35.1. The number of aliphatic imine (C=N–C) groups is 1. The van der Waals surface area contributed by atoms with E-state index in [0.717, 1.165) is 12.1 Å². The molecule has 0 saturated carbocycles. The van der Waals surface area contributed by atoms with Crippen LogP contribution in [0.3, 0.4) is 0 Å². The molecule has 32 heavy (non-hydrogen) atoms. The number of pyridine rings is 1. The van der Waals surface area contributed by atoms with E-state index >= 15 is 0 Å². The molecular weight excluding hydrogens is 402 g/mol. The molecule has 3 aromatic rings. The van der Waals surface area contributed by atoms with Gasteiger partial charge in [-0.3, -0.25) is 9.79 Å². The van der Waals surface area contributed by atoms with Crippen molar-refractivity contribution in [3.05, 3.63) is 94.2 Å². The minimum Gasteiger partial charge on any atom is -0.462 e. The number of anilines is 1. The lowest BCUT2D eigenvalue weighted by Crippen LogP contribution is -2.20. The van der Waals surface area contributed by atoms with E-state index in [2.05, 4.69) is 22.4 Å². The summed E-state index contributed by atoms with van der Waals surface area (Å²) in [5, 5.41) is 2.96. The molecule has 1 heterocycles. The molecule has 0 amide bonds. The maximum Gasteiger partial charge on any atom is 0.342 e. The van der Waals surface area contributed by atoms with Crippen molar-refractivity contribution in [2.24, 2.45) is 4.99 Å². The maximum absolute atomic E-state index is 13.6. The Hall–Kier alpha value is -3.80. The van der Waals surface area contributed by atoms with Gasteiger partial charge in [0.15, 0.2) is 5.78 Å². The third kappa shape index (κ3) is 5.27. The molecule has 2 aromatic carbocycles. The first-order chi connectivity index (χ1) is 15.6. The zero-order valence-corrected chi connectivity index (χ0v) is 18.6. The van der Waals surface area contributed by atoms with E-state index in [1.165, 1.54) is 11.9 Å². The average molecular weight is 430 g/mol. The predicted molar refractivity (Wildman–Crippen MR) is 127 cm³/mol. The van der Waals surface area contributed by atoms with Crippen LogP contribution in [0.4, 0.5) is 5.82 Å². The van der Waals surface area contributed by atoms with Gasteiger partial charge in [0.05, 0.1) is 12.9 Å². The Balaban J connectivity index is 2.16. The molecular formula is C26H27N3O3. The molecule has 0 aliphatic carbocycles. The van der Waals surface area contributed by atoms with Gasteiger partial charge in [-0.1, -0.05) is 60.7 Å². The summed E-state index contributed by atoms with van der Waals surface area (Å²) < 4.78 is 5.28. The first-order valence-corrected chi connectivity index (χ1v) is 10.6. The van der Waals surface area contributed by atoms with Crippen molar-refractivity contribution in [1.29, 1.82) is 0 Å². The lowest BCUT2D eigenvalue weighted by Gasteiger charge is -2.18. The lowest BCUT2D eigenvalue weighted by atomic mass is 9.92. The number of rotatable bonds is 9. The number of nitrogens with one attached hydrogen (secondary N) is 1. The summed E-state index contributed by atoms with van der Waals surface area (Å²) in [5.41, 5.74) is 3.52. The monoisotopic (exact) mass is 429 g/mol. The molecule has 0 bridgehead atoms. The second kappa shape index (κ2) is 11.0. The Labute approximate surface area is 188 Å². The molecule has 0 aliphatic rings. The van der Waals surface area contributed by atoms with E-state index in [1.807, 2.05) is 31.2 Å². The van der Waals surface area contributed by atoms with Gasteiger partial charge >= 0.3 is 5.97 Å². The van der Waals surface area contributed by atoms with Crippen molar-refractivity contribution < 1.29 is 14.3 Å². The van der Waals surface area contributed by atoms with Crippen molar-refractivity contribution in [1.82, 2.24) is 4.98 Å². The molecule has 6 nitrogen and oxygen atoms in total. The molecule has 3 rings (SSSR count). The smallest absolute Gasteiger partial charge is 0.342 e. The number of nitrogens with zero attached hydrogens (tertiary/aromatic N) is 2. The summed E-state index contributed by atoms with van der Waals surface area (Å²) in [5.74, 6) is -0.572. The largest absolute Gasteiger partial charge is 0.462 e. The molecule has 0 saturated heterocycles. The van der Waals surface area contributed by atoms with Crippen LogP contribution in [0.25, 0.3) is 0 Å². The van der Waals surface area contributed by atoms with Gasteiger partial charge in [-0.25, -0.2) is 9.78 Å². The number of aromatic nitrogens is 1. The Morgan fingerprint density at radius 2 is 1.66 bits per heavy atom. The first-order valence-electron chi connectivity index (χ1n) is 10.6. The Morgan fingerprint density at radius 3 is 2.28 bits per heavy atom. The highest BCUT2D eigenvalue weighted by atomic mass is 16.5. The number of carbonyl (C=O) groups is 2. The van der Waals surface area contributed by atoms with E-state index in [9.17, 15) is 9.59 Å². The fourth-order valence-corrected chi connectivity index (χ4v) is 3.53. The van der Waals surface area contributed by atoms with Gasteiger partial charge in [-0.2, -0.15) is 0 Å². The van der Waals surface area contributed by atoms with Crippen molar-refractivity contribution >= 4 is 23.9 Å². The summed E-state index contributed by atoms with van der Waals surface area (Å²) >= 11 is 0. The topological polar surface area (TPSA) is 80.7 Å². The highest BCUT2D eigenvalue weighted by Crippen LogP contribution is 2.28. The van der Waals surface area contributed by atoms with Crippen LogP contribution in [0.5, 0.6) is 0 Å². The number of carbonyl (C=O) groups excluding carboxylic acids is 2. The second-order valence-electron chi connectivity index (χ2n) is 7.21. The maximum atomic E-state index is 13.6. The quantitative estimate of drug-likeness (QED) is 0.232. The molecule has 0 spiro atoms. The number of ether oxygens (including phenoxy) is 1. The highest BCUT2D eigenvalue weighted by molar-refractivity contribution is 6.17. The number of ketones is 1. The van der Waals surface area contributed by atoms with Crippen LogP contribution in [-0.2, 0) is 17.6 Å². The van der Waals surface area contributed by atoms with Crippen molar-refractivity contribution in [2.75, 3.05) is 19.0 Å². The molecule has 1 N–H and O–H groups in total. The number of aryl methyl sites for hydroxylation is 2. The van der Waals surface area contributed by atoms with Crippen LogP contribution in [0, 0.1) is 6.92 Å². The summed E-state index contributed by atoms with van der Waals surface area (Å²) in [6.45, 7) is 3.75. The number of hydrogen-bond donors (Lipinski definition) is 1. The van der Waals surface area contributed by atoms with Gasteiger partial charge in [-0.05, 0) is 37.8 Å². The summed E-state index contributed by atoms with van der Waals surface area (Å²) in [6, 6.07) is 19.0. The number of esters is 1. The third-order valence-corrected chi connectivity index (χ3v) is 5.11. The highest BCUT2D eigenvalue weighted by Gasteiger charge is 2.28. The molecule has 0 unspecified atom stereocenters. The zero-order valence-electron chi connectivity index (χ0n) is 18.6. The predicted octanol–water partition coefficient (Wildman–Crippen LogP) is 4.65. The average Bonchev–Trinajstić information content (AvgIpc) is 2.83. The van der Waals surface area contributed by atoms with Gasteiger partial charge in [0.1, 0.15) is 11.4 Å². The standard InChI is InChI=1S/C26H27N3O3/c1-4-32-26(31)23-22(24(30)20-13-9-6-10-14-20)18(2)21(29-25(23)28-17-27-3)16-15-19-11-7-5-8-12-19/h5-14,17H,4,15-16H2,1-3H3,(H,27,28,29). The fraction of sp³-hybridized carbons (Fsp3) is 0.231.